The summed E-state index contributed by atoms with van der Waals surface area (Å²) in [6.45, 7) is 0. The van der Waals surface area contributed by atoms with Crippen LogP contribution >= 0.6 is 11.6 Å². The van der Waals surface area contributed by atoms with Crippen molar-refractivity contribution in [3.8, 4) is 0 Å². The molecule has 1 heterocycles. The van der Waals surface area contributed by atoms with Gasteiger partial charge in [-0.05, 0) is 42.5 Å². The number of anilines is 3. The van der Waals surface area contributed by atoms with Gasteiger partial charge in [-0.25, -0.2) is 9.29 Å². The van der Waals surface area contributed by atoms with Crippen molar-refractivity contribution in [3.63, 3.8) is 0 Å². The van der Waals surface area contributed by atoms with Crippen molar-refractivity contribution in [2.24, 2.45) is 0 Å². The number of para-hydroxylation sites is 2. The highest BCUT2D eigenvalue weighted by Crippen LogP contribution is 2.31. The molecule has 3 amide bonds. The van der Waals surface area contributed by atoms with Crippen molar-refractivity contribution in [3.05, 3.63) is 101 Å². The Kier molecular flexibility index (Phi) is 5.51. The van der Waals surface area contributed by atoms with Gasteiger partial charge in [-0.1, -0.05) is 48.0 Å². The third kappa shape index (κ3) is 4.04. The number of carbonyl (C=O) groups excluding carboxylic acids is 3. The molecule has 0 radical (unpaired) electrons. The Hall–Kier alpha value is -3.97. The molecule has 1 aliphatic rings. The largest absolute Gasteiger partial charge is 0.350 e. The molecule has 3 aromatic rings. The van der Waals surface area contributed by atoms with E-state index in [0.717, 1.165) is 6.07 Å². The number of nitrogens with one attached hydrogen (secondary N) is 2. The van der Waals surface area contributed by atoms with Crippen LogP contribution in [0.2, 0.25) is 0 Å². The Bertz CT molecular complexity index is 1230. The number of nitrogens with zero attached hydrogens (tertiary/aromatic N) is 1. The van der Waals surface area contributed by atoms with E-state index in [0.29, 0.717) is 21.8 Å². The average molecular weight is 436 g/mol. The van der Waals surface area contributed by atoms with Crippen LogP contribution < -0.4 is 15.5 Å². The third-order valence-corrected chi connectivity index (χ3v) is 4.90. The van der Waals surface area contributed by atoms with E-state index in [1.54, 1.807) is 42.5 Å². The lowest BCUT2D eigenvalue weighted by atomic mass is 10.1. The molecule has 6 nitrogen and oxygen atoms in total. The summed E-state index contributed by atoms with van der Waals surface area (Å²) < 4.78 is 14.1. The molecule has 0 atom stereocenters. The highest BCUT2D eigenvalue weighted by Gasteiger charge is 2.40. The number of hydrogen-bond acceptors (Lipinski definition) is 4. The first-order valence-electron chi connectivity index (χ1n) is 9.22. The Labute approximate surface area is 181 Å². The average Bonchev–Trinajstić information content (AvgIpc) is 2.98. The lowest BCUT2D eigenvalue weighted by molar-refractivity contribution is -0.120. The highest BCUT2D eigenvalue weighted by molar-refractivity contribution is 6.53. The third-order valence-electron chi connectivity index (χ3n) is 4.55. The molecular weight excluding hydrogens is 421 g/mol. The maximum absolute atomic E-state index is 14.1. The van der Waals surface area contributed by atoms with Crippen molar-refractivity contribution >= 4 is 46.4 Å². The fraction of sp³-hybridized carbons (Fsp3) is 0. The van der Waals surface area contributed by atoms with Gasteiger partial charge in [0, 0.05) is 16.9 Å². The molecule has 0 fully saturated rings. The van der Waals surface area contributed by atoms with E-state index in [1.165, 1.54) is 24.3 Å². The normalized spacial score (nSPS) is 13.5. The summed E-state index contributed by atoms with van der Waals surface area (Å²) in [6.07, 6.45) is 0. The van der Waals surface area contributed by atoms with Crippen molar-refractivity contribution in [1.82, 2.24) is 0 Å². The smallest absolute Gasteiger partial charge is 0.283 e. The maximum Gasteiger partial charge on any atom is 0.283 e. The molecule has 2 N–H and O–H groups in total. The lowest BCUT2D eigenvalue weighted by Gasteiger charge is -2.15. The molecule has 0 unspecified atom stereocenters. The monoisotopic (exact) mass is 435 g/mol. The fourth-order valence-corrected chi connectivity index (χ4v) is 3.28. The van der Waals surface area contributed by atoms with E-state index >= 15 is 0 Å². The van der Waals surface area contributed by atoms with E-state index < -0.39 is 17.6 Å². The first kappa shape index (κ1) is 20.3. The summed E-state index contributed by atoms with van der Waals surface area (Å²) in [7, 11) is 0. The maximum atomic E-state index is 14.1. The van der Waals surface area contributed by atoms with Crippen molar-refractivity contribution in [2.45, 2.75) is 0 Å². The Morgan fingerprint density at radius 1 is 0.839 bits per heavy atom. The van der Waals surface area contributed by atoms with Crippen molar-refractivity contribution < 1.29 is 18.8 Å². The van der Waals surface area contributed by atoms with Gasteiger partial charge in [0.25, 0.3) is 17.7 Å². The summed E-state index contributed by atoms with van der Waals surface area (Å²) in [6, 6.07) is 20.7. The summed E-state index contributed by atoms with van der Waals surface area (Å²) in [5, 5.41) is 5.18. The van der Waals surface area contributed by atoms with E-state index in [-0.39, 0.29) is 22.3 Å². The van der Waals surface area contributed by atoms with Crippen LogP contribution in [0, 0.1) is 5.82 Å². The van der Waals surface area contributed by atoms with Crippen LogP contribution in [-0.2, 0) is 9.59 Å². The molecule has 0 spiro atoms. The fourth-order valence-electron chi connectivity index (χ4n) is 3.07. The van der Waals surface area contributed by atoms with Gasteiger partial charge in [-0.2, -0.15) is 0 Å². The summed E-state index contributed by atoms with van der Waals surface area (Å²) in [5.41, 5.74) is 0.936. The van der Waals surface area contributed by atoms with Crippen LogP contribution in [0.3, 0.4) is 0 Å². The summed E-state index contributed by atoms with van der Waals surface area (Å²) in [5.74, 6) is -2.71. The number of hydrogen-bond donors (Lipinski definition) is 2. The SMILES string of the molecule is O=C(Nc1ccccc1)c1cccc(NC2=C(Cl)C(=O)N(c3ccccc3F)C2=O)c1. The topological polar surface area (TPSA) is 78.5 Å². The molecule has 0 saturated carbocycles. The summed E-state index contributed by atoms with van der Waals surface area (Å²) >= 11 is 6.08. The summed E-state index contributed by atoms with van der Waals surface area (Å²) in [4.78, 5) is 38.5. The molecular formula is C23H15ClFN3O3. The second kappa shape index (κ2) is 8.41. The molecule has 3 aromatic carbocycles. The van der Waals surface area contributed by atoms with E-state index in [2.05, 4.69) is 10.6 Å². The molecule has 4 rings (SSSR count). The minimum Gasteiger partial charge on any atom is -0.350 e. The Balaban J connectivity index is 1.56. The number of benzene rings is 3. The number of amides is 3. The van der Waals surface area contributed by atoms with Gasteiger partial charge in [-0.15, -0.1) is 0 Å². The number of imide groups is 1. The van der Waals surface area contributed by atoms with Crippen molar-refractivity contribution in [1.29, 1.82) is 0 Å². The number of rotatable bonds is 5. The first-order valence-corrected chi connectivity index (χ1v) is 9.60. The minimum atomic E-state index is -0.836. The van der Waals surface area contributed by atoms with Crippen LogP contribution in [-0.4, -0.2) is 17.7 Å². The zero-order valence-electron chi connectivity index (χ0n) is 15.9. The van der Waals surface area contributed by atoms with Gasteiger partial charge in [0.1, 0.15) is 16.5 Å². The van der Waals surface area contributed by atoms with Crippen LogP contribution in [0.4, 0.5) is 21.5 Å². The standard InChI is InChI=1S/C23H15ClFN3O3/c24-19-20(23(31)28(22(19)30)18-12-5-4-11-17(18)25)26-16-10-6-7-14(13-16)21(29)27-15-8-2-1-3-9-15/h1-13,26H,(H,27,29). The minimum absolute atomic E-state index is 0.191. The van der Waals surface area contributed by atoms with Crippen LogP contribution in [0.25, 0.3) is 0 Å². The molecule has 154 valence electrons. The molecule has 0 aliphatic carbocycles. The first-order chi connectivity index (χ1) is 15.0. The number of carbonyl (C=O) groups is 3. The molecule has 8 heteroatoms. The van der Waals surface area contributed by atoms with Crippen LogP contribution in [0.1, 0.15) is 10.4 Å². The number of halogens is 2. The second-order valence-electron chi connectivity index (χ2n) is 6.61. The van der Waals surface area contributed by atoms with Crippen LogP contribution in [0.5, 0.6) is 0 Å². The zero-order chi connectivity index (χ0) is 22.0. The predicted molar refractivity (Wildman–Crippen MR) is 116 cm³/mol. The second-order valence-corrected chi connectivity index (χ2v) is 6.99. The highest BCUT2D eigenvalue weighted by atomic mass is 35.5. The lowest BCUT2D eigenvalue weighted by Crippen LogP contribution is -2.33. The van der Waals surface area contributed by atoms with Gasteiger partial charge >= 0.3 is 0 Å². The molecule has 0 saturated heterocycles. The van der Waals surface area contributed by atoms with Gasteiger partial charge in [0.15, 0.2) is 0 Å². The van der Waals surface area contributed by atoms with E-state index in [1.807, 2.05) is 6.07 Å². The van der Waals surface area contributed by atoms with E-state index in [9.17, 15) is 18.8 Å². The van der Waals surface area contributed by atoms with Gasteiger partial charge in [-0.3, -0.25) is 14.4 Å². The van der Waals surface area contributed by atoms with Gasteiger partial charge in [0.2, 0.25) is 0 Å². The van der Waals surface area contributed by atoms with Crippen molar-refractivity contribution in [2.75, 3.05) is 15.5 Å². The molecule has 0 bridgehead atoms. The molecule has 31 heavy (non-hydrogen) atoms. The predicted octanol–water partition coefficient (Wildman–Crippen LogP) is 4.51. The van der Waals surface area contributed by atoms with Crippen LogP contribution in [0.15, 0.2) is 89.6 Å². The quantitative estimate of drug-likeness (QED) is 0.578. The van der Waals surface area contributed by atoms with E-state index in [4.69, 9.17) is 11.6 Å². The zero-order valence-corrected chi connectivity index (χ0v) is 16.7. The van der Waals surface area contributed by atoms with Gasteiger partial charge in [0.05, 0.1) is 5.69 Å². The van der Waals surface area contributed by atoms with Gasteiger partial charge < -0.3 is 10.6 Å². The molecule has 1 aliphatic heterocycles. The Morgan fingerprint density at radius 2 is 1.52 bits per heavy atom. The molecule has 0 aromatic heterocycles. The Morgan fingerprint density at radius 3 is 2.26 bits per heavy atom.